The number of aliphatic hydroxyl groups is 4. The van der Waals surface area contributed by atoms with Gasteiger partial charge >= 0.3 is 17.8 Å². The molecule has 3 aromatic rings. The summed E-state index contributed by atoms with van der Waals surface area (Å²) in [7, 11) is 0. The van der Waals surface area contributed by atoms with Gasteiger partial charge in [-0.2, -0.15) is 0 Å². The van der Waals surface area contributed by atoms with Crippen molar-refractivity contribution in [1.29, 1.82) is 0 Å². The molecule has 0 bridgehead atoms. The maximum Gasteiger partial charge on any atom is 0.377 e. The molecule has 1 aromatic heterocycles. The van der Waals surface area contributed by atoms with E-state index in [1.54, 1.807) is 24.3 Å². The number of aliphatic carboxylic acids is 1. The van der Waals surface area contributed by atoms with Gasteiger partial charge in [-0.25, -0.2) is 23.1 Å². The molecular weight excluding hydrogens is 678 g/mol. The fourth-order valence-electron chi connectivity index (χ4n) is 6.46. The molecule has 0 radical (unpaired) electrons. The molecule has 276 valence electrons. The number of hydrogen-bond donors (Lipinski definition) is 8. The molecule has 51 heavy (non-hydrogen) atoms. The fraction of sp³-hybridized carbons (Fsp3) is 0.485. The number of rotatable bonds is 12. The van der Waals surface area contributed by atoms with Crippen molar-refractivity contribution >= 4 is 23.6 Å². The smallest absolute Gasteiger partial charge is 0.377 e. The molecule has 2 heterocycles. The second kappa shape index (κ2) is 15.6. The molecule has 0 unspecified atom stereocenters. The van der Waals surface area contributed by atoms with E-state index in [1.807, 2.05) is 6.07 Å². The van der Waals surface area contributed by atoms with Crippen molar-refractivity contribution in [3.63, 3.8) is 0 Å². The number of alkyl halides is 2. The van der Waals surface area contributed by atoms with Crippen molar-refractivity contribution in [3.05, 3.63) is 66.0 Å². The third kappa shape index (κ3) is 8.26. The number of aromatic nitrogens is 3. The summed E-state index contributed by atoms with van der Waals surface area (Å²) in [6.07, 6.45) is -6.53. The number of nitrogens with one attached hydrogen (secondary N) is 3. The minimum atomic E-state index is -3.22. The molecule has 16 nitrogen and oxygen atoms in total. The van der Waals surface area contributed by atoms with Crippen LogP contribution >= 0.6 is 0 Å². The third-order valence-corrected chi connectivity index (χ3v) is 9.03. The van der Waals surface area contributed by atoms with Crippen molar-refractivity contribution in [2.45, 2.75) is 93.7 Å². The van der Waals surface area contributed by atoms with E-state index in [0.29, 0.717) is 24.2 Å². The first kappa shape index (κ1) is 37.5. The van der Waals surface area contributed by atoms with Crippen LogP contribution in [-0.2, 0) is 19.9 Å². The lowest BCUT2D eigenvalue weighted by Crippen LogP contribution is -2.68. The minimum Gasteiger partial charge on any atom is -0.476 e. The first-order chi connectivity index (χ1) is 24.3. The molecule has 1 aliphatic heterocycles. The molecule has 6 atom stereocenters. The maximum atomic E-state index is 14.6. The van der Waals surface area contributed by atoms with Gasteiger partial charge in [0, 0.05) is 12.6 Å². The monoisotopic (exact) mass is 718 g/mol. The lowest BCUT2D eigenvalue weighted by Gasteiger charge is -2.46. The lowest BCUT2D eigenvalue weighted by atomic mass is 9.79. The highest BCUT2D eigenvalue weighted by molar-refractivity contribution is 5.89. The average Bonchev–Trinajstić information content (AvgIpc) is 3.61. The topological polar surface area (TPSA) is 238 Å². The van der Waals surface area contributed by atoms with Crippen molar-refractivity contribution in [2.75, 3.05) is 11.9 Å². The number of carboxylic acid groups (broad SMARTS) is 1. The van der Waals surface area contributed by atoms with Crippen molar-refractivity contribution in [3.8, 4) is 11.4 Å². The summed E-state index contributed by atoms with van der Waals surface area (Å²) >= 11 is 0. The van der Waals surface area contributed by atoms with Gasteiger partial charge in [-0.05, 0) is 43.2 Å². The highest BCUT2D eigenvalue weighted by atomic mass is 19.3. The lowest BCUT2D eigenvalue weighted by molar-refractivity contribution is -0.284. The minimum absolute atomic E-state index is 0.0927. The number of para-hydroxylation sites is 1. The molecule has 3 amide bonds. The van der Waals surface area contributed by atoms with Gasteiger partial charge in [-0.3, -0.25) is 4.79 Å². The summed E-state index contributed by atoms with van der Waals surface area (Å²) in [5.74, 6) is -6.11. The number of halogens is 2. The van der Waals surface area contributed by atoms with Crippen molar-refractivity contribution < 1.29 is 58.2 Å². The van der Waals surface area contributed by atoms with Crippen LogP contribution in [0.5, 0.6) is 5.75 Å². The van der Waals surface area contributed by atoms with Crippen LogP contribution < -0.4 is 20.7 Å². The molecule has 2 aromatic carbocycles. The predicted molar refractivity (Wildman–Crippen MR) is 173 cm³/mol. The Morgan fingerprint density at radius 3 is 2.43 bits per heavy atom. The summed E-state index contributed by atoms with van der Waals surface area (Å²) < 4.78 is 41.5. The van der Waals surface area contributed by atoms with Crippen LogP contribution in [0.3, 0.4) is 0 Å². The van der Waals surface area contributed by atoms with E-state index in [-0.39, 0.29) is 5.69 Å². The molecule has 2 fully saturated rings. The molecule has 1 aliphatic carbocycles. The first-order valence-corrected chi connectivity index (χ1v) is 16.3. The molecule has 5 rings (SSSR count). The van der Waals surface area contributed by atoms with Gasteiger partial charge in [0.15, 0.2) is 0 Å². The summed E-state index contributed by atoms with van der Waals surface area (Å²) in [6, 6.07) is 10.3. The SMILES string of the molecule is CC(=O)N[C@H]1[C@H]([C@H](O)[C@H](O)CO)O[C@@](Oc2ccc(-n3cc(C4(NC(=O)Nc5ccccc5)CCCCC4)nn3)cc2C(F)F)(C(=O)O)C[C@@H]1O. The first-order valence-electron chi connectivity index (χ1n) is 16.3. The maximum absolute atomic E-state index is 14.6. The van der Waals surface area contributed by atoms with E-state index in [1.165, 1.54) is 16.9 Å². The van der Waals surface area contributed by atoms with E-state index in [0.717, 1.165) is 38.3 Å². The van der Waals surface area contributed by atoms with Crippen LogP contribution in [-0.4, -0.2) is 101 Å². The van der Waals surface area contributed by atoms with Crippen LogP contribution in [0.4, 0.5) is 19.3 Å². The van der Waals surface area contributed by atoms with Gasteiger partial charge in [-0.1, -0.05) is 42.7 Å². The van der Waals surface area contributed by atoms with Crippen LogP contribution in [0.2, 0.25) is 0 Å². The van der Waals surface area contributed by atoms with E-state index in [4.69, 9.17) is 9.47 Å². The van der Waals surface area contributed by atoms with Gasteiger partial charge in [0.2, 0.25) is 5.91 Å². The van der Waals surface area contributed by atoms with E-state index in [2.05, 4.69) is 26.3 Å². The Hall–Kier alpha value is -4.75. The number of ether oxygens (including phenoxy) is 2. The zero-order valence-corrected chi connectivity index (χ0v) is 27.5. The summed E-state index contributed by atoms with van der Waals surface area (Å²) in [5.41, 5.74) is -0.590. The van der Waals surface area contributed by atoms with Crippen LogP contribution in [0.25, 0.3) is 5.69 Å². The Bertz CT molecular complexity index is 1690. The highest BCUT2D eigenvalue weighted by Crippen LogP contribution is 2.40. The number of nitrogens with zero attached hydrogens (tertiary/aromatic N) is 3. The van der Waals surface area contributed by atoms with Gasteiger partial charge in [0.25, 0.3) is 6.43 Å². The predicted octanol–water partition coefficient (Wildman–Crippen LogP) is 1.71. The number of anilines is 1. The van der Waals surface area contributed by atoms with Gasteiger partial charge in [-0.15, -0.1) is 5.10 Å². The van der Waals surface area contributed by atoms with E-state index < -0.39 is 90.5 Å². The zero-order valence-electron chi connectivity index (χ0n) is 27.5. The molecule has 2 aliphatic rings. The number of urea groups is 1. The number of carbonyl (C=O) groups is 3. The largest absolute Gasteiger partial charge is 0.476 e. The zero-order chi connectivity index (χ0) is 36.9. The highest BCUT2D eigenvalue weighted by Gasteiger charge is 2.57. The summed E-state index contributed by atoms with van der Waals surface area (Å²) in [6.45, 7) is 0.0842. The molecule has 0 spiro atoms. The van der Waals surface area contributed by atoms with E-state index >= 15 is 0 Å². The Morgan fingerprint density at radius 2 is 1.80 bits per heavy atom. The number of carbonyl (C=O) groups excluding carboxylic acids is 2. The number of aliphatic hydroxyl groups excluding tert-OH is 4. The summed E-state index contributed by atoms with van der Waals surface area (Å²) in [4.78, 5) is 37.4. The average molecular weight is 719 g/mol. The standard InChI is InChI=1S/C33H40F2N6O10/c1-18(43)36-26-22(44)15-33(30(47)48,51-28(26)27(46)23(45)17-42)50-24-11-10-20(14-21(24)29(34)35)41-16-25(39-40-41)32(12-6-3-7-13-32)38-31(49)37-19-8-4-2-5-9-19/h2,4-5,8-11,14,16,22-23,26-29,42,44-46H,3,6-7,12-13,15,17H2,1H3,(H,36,43)(H,47,48)(H2,37,38,49)/t22-,23+,26+,27+,28+,33+/m0/s1. The summed E-state index contributed by atoms with van der Waals surface area (Å²) in [5, 5.41) is 67.8. The fourth-order valence-corrected chi connectivity index (χ4v) is 6.46. The van der Waals surface area contributed by atoms with Gasteiger partial charge < -0.3 is 51.0 Å². The third-order valence-electron chi connectivity index (χ3n) is 9.03. The Kier molecular flexibility index (Phi) is 11.5. The molecular formula is C33H40F2N6O10. The second-order valence-electron chi connectivity index (χ2n) is 12.6. The Morgan fingerprint density at radius 1 is 1.10 bits per heavy atom. The van der Waals surface area contributed by atoms with Crippen molar-refractivity contribution in [2.24, 2.45) is 0 Å². The normalized spacial score (nSPS) is 24.3. The Balaban J connectivity index is 1.43. The number of amides is 3. The number of hydrogen-bond acceptors (Lipinski definition) is 11. The van der Waals surface area contributed by atoms with Crippen LogP contribution in [0.15, 0.2) is 54.7 Å². The number of carboxylic acids is 1. The second-order valence-corrected chi connectivity index (χ2v) is 12.6. The van der Waals surface area contributed by atoms with Crippen molar-refractivity contribution in [1.82, 2.24) is 25.6 Å². The Labute approximate surface area is 290 Å². The molecule has 18 heteroatoms. The van der Waals surface area contributed by atoms with Crippen LogP contribution in [0.1, 0.15) is 63.1 Å². The van der Waals surface area contributed by atoms with Gasteiger partial charge in [0.1, 0.15) is 29.8 Å². The molecule has 1 saturated heterocycles. The molecule has 1 saturated carbocycles. The molecule has 8 N–H and O–H groups in total. The number of benzene rings is 2. The van der Waals surface area contributed by atoms with Crippen LogP contribution in [0, 0.1) is 0 Å². The quantitative estimate of drug-likeness (QED) is 0.134. The van der Waals surface area contributed by atoms with Gasteiger partial charge in [0.05, 0.1) is 48.2 Å². The van der Waals surface area contributed by atoms with E-state index in [9.17, 15) is 48.7 Å².